The fraction of sp³-hybridized carbons (Fsp3) is 0.611. The quantitative estimate of drug-likeness (QED) is 0.536. The van der Waals surface area contributed by atoms with Gasteiger partial charge in [0.1, 0.15) is 5.60 Å². The lowest BCUT2D eigenvalue weighted by Gasteiger charge is -2.21. The third-order valence-corrected chi connectivity index (χ3v) is 3.10. The van der Waals surface area contributed by atoms with Gasteiger partial charge in [0.05, 0.1) is 6.93 Å². The second-order valence-corrected chi connectivity index (χ2v) is 6.37. The molecular weight excluding hydrogens is 248 g/mol. The Morgan fingerprint density at radius 2 is 2.00 bits per heavy atom. The van der Waals surface area contributed by atoms with Gasteiger partial charge in [-0.15, -0.1) is 0 Å². The molecule has 1 aromatic carbocycles. The van der Waals surface area contributed by atoms with Gasteiger partial charge in [0.2, 0.25) is 0 Å². The molecule has 1 rings (SSSR count). The minimum atomic E-state index is -0.496. The maximum Gasteiger partial charge on any atom is 0.338 e. The molecule has 0 saturated carbocycles. The van der Waals surface area contributed by atoms with Crippen molar-refractivity contribution < 1.29 is 10.9 Å². The van der Waals surface area contributed by atoms with Crippen LogP contribution in [0.25, 0.3) is 0 Å². The first kappa shape index (κ1) is 15.1. The molecule has 0 N–H and O–H groups in total. The minimum absolute atomic E-state index is 0.281. The van der Waals surface area contributed by atoms with E-state index in [4.69, 9.17) is 6.11 Å². The van der Waals surface area contributed by atoms with E-state index in [0.717, 1.165) is 30.4 Å². The number of aryl methyl sites for hydroxylation is 2. The van der Waals surface area contributed by atoms with Crippen LogP contribution in [0.4, 0.5) is 0 Å². The lowest BCUT2D eigenvalue weighted by molar-refractivity contribution is 0.00682. The highest BCUT2D eigenvalue weighted by Crippen LogP contribution is 2.19. The molecule has 0 unspecified atom stereocenters. The summed E-state index contributed by atoms with van der Waals surface area (Å²) in [5, 5.41) is 0. The summed E-state index contributed by atoms with van der Waals surface area (Å²) < 4.78 is 13.4. The lowest BCUT2D eigenvalue weighted by atomic mass is 9.99. The molecule has 0 atom stereocenters. The van der Waals surface area contributed by atoms with Crippen LogP contribution in [0, 0.1) is 6.92 Å². The molecule has 112 valence electrons. The molecule has 2 nitrogen and oxygen atoms in total. The van der Waals surface area contributed by atoms with Gasteiger partial charge in [-0.05, 0) is 52.2 Å². The van der Waals surface area contributed by atoms with E-state index in [1.807, 2.05) is 33.8 Å². The Hall–Kier alpha value is -1.31. The molecule has 1 aromatic rings. The van der Waals surface area contributed by atoms with Crippen LogP contribution in [0.3, 0.4) is 0 Å². The van der Waals surface area contributed by atoms with E-state index in [0.29, 0.717) is 11.6 Å². The van der Waals surface area contributed by atoms with Crippen molar-refractivity contribution in [2.24, 2.45) is 0 Å². The van der Waals surface area contributed by atoms with Crippen LogP contribution in [0.1, 0.15) is 76.2 Å². The molecule has 0 aliphatic rings. The highest BCUT2D eigenvalue weighted by atomic mass is 16.6. The predicted molar refractivity (Wildman–Crippen MR) is 84.2 cm³/mol. The van der Waals surface area contributed by atoms with Crippen LogP contribution in [0.5, 0.6) is 0 Å². The van der Waals surface area contributed by atoms with Crippen LogP contribution < -0.4 is 0 Å². The Balaban J connectivity index is 2.94. The highest BCUT2D eigenvalue weighted by molar-refractivity contribution is 5.91. The normalized spacial score (nSPS) is 12.2. The summed E-state index contributed by atoms with van der Waals surface area (Å²) in [5.41, 5.74) is 1.88. The average Bonchev–Trinajstić information content (AvgIpc) is 2.36. The van der Waals surface area contributed by atoms with E-state index in [1.165, 1.54) is 12.8 Å². The predicted octanol–water partition coefficient (Wildman–Crippen LogP) is 5.07. The molecule has 0 bridgehead atoms. The van der Waals surface area contributed by atoms with Crippen LogP contribution in [-0.4, -0.2) is 11.6 Å². The number of benzene rings is 1. The lowest BCUT2D eigenvalue weighted by Crippen LogP contribution is -2.24. The van der Waals surface area contributed by atoms with Crippen molar-refractivity contribution in [1.29, 1.82) is 0 Å². The zero-order valence-electron chi connectivity index (χ0n) is 14.5. The third-order valence-electron chi connectivity index (χ3n) is 3.10. The fourth-order valence-corrected chi connectivity index (χ4v) is 2.10. The largest absolute Gasteiger partial charge is 0.456 e. The van der Waals surface area contributed by atoms with Crippen LogP contribution in [-0.2, 0) is 11.2 Å². The summed E-state index contributed by atoms with van der Waals surface area (Å²) in [4.78, 5) is 12.4. The second-order valence-electron chi connectivity index (χ2n) is 6.37. The number of unbranched alkanes of at least 4 members (excludes halogenated alkanes) is 3. The van der Waals surface area contributed by atoms with Crippen LogP contribution >= 0.6 is 0 Å². The summed E-state index contributed by atoms with van der Waals surface area (Å²) in [6.45, 7) is 9.66. The molecule has 0 spiro atoms. The molecule has 0 heterocycles. The molecule has 0 radical (unpaired) electrons. The number of hydrogen-bond acceptors (Lipinski definition) is 2. The zero-order chi connectivity index (χ0) is 16.0. The fourth-order valence-electron chi connectivity index (χ4n) is 2.10. The summed E-state index contributed by atoms with van der Waals surface area (Å²) in [6, 6.07) is 4.11. The van der Waals surface area contributed by atoms with Gasteiger partial charge in [-0.25, -0.2) is 4.79 Å². The summed E-state index contributed by atoms with van der Waals surface area (Å²) in [5.74, 6) is -0.281. The summed E-state index contributed by atoms with van der Waals surface area (Å²) in [7, 11) is 0. The van der Waals surface area contributed by atoms with Gasteiger partial charge in [0.15, 0.2) is 0 Å². The topological polar surface area (TPSA) is 26.3 Å². The van der Waals surface area contributed by atoms with E-state index in [1.54, 1.807) is 6.07 Å². The Kier molecular flexibility index (Phi) is 5.63. The van der Waals surface area contributed by atoms with E-state index >= 15 is 0 Å². The van der Waals surface area contributed by atoms with E-state index in [2.05, 4.69) is 6.92 Å². The first-order valence-electron chi connectivity index (χ1n) is 8.08. The van der Waals surface area contributed by atoms with Crippen LogP contribution in [0.2, 0.25) is 0 Å². The number of rotatable bonds is 6. The minimum Gasteiger partial charge on any atom is -0.456 e. The molecule has 0 aliphatic carbocycles. The third kappa shape index (κ3) is 5.77. The number of esters is 1. The van der Waals surface area contributed by atoms with E-state index in [-0.39, 0.29) is 5.97 Å². The Morgan fingerprint density at radius 1 is 1.30 bits per heavy atom. The van der Waals surface area contributed by atoms with Crippen molar-refractivity contribution >= 4 is 5.97 Å². The Morgan fingerprint density at radius 3 is 2.60 bits per heavy atom. The van der Waals surface area contributed by atoms with E-state index < -0.39 is 5.60 Å². The molecule has 0 fully saturated rings. The maximum atomic E-state index is 12.4. The van der Waals surface area contributed by atoms with Crippen molar-refractivity contribution in [3.05, 3.63) is 34.9 Å². The standard InChI is InChI=1S/C18H28O2/c1-6-7-8-9-10-15-12-11-14(2)13-16(15)17(19)20-18(3,4)5/h11-13H,6-10H2,1-5H3/i11D. The van der Waals surface area contributed by atoms with Crippen molar-refractivity contribution in [3.8, 4) is 0 Å². The smallest absolute Gasteiger partial charge is 0.338 e. The van der Waals surface area contributed by atoms with Gasteiger partial charge in [0.25, 0.3) is 0 Å². The first-order valence-corrected chi connectivity index (χ1v) is 7.58. The van der Waals surface area contributed by atoms with Crippen molar-refractivity contribution in [3.63, 3.8) is 0 Å². The van der Waals surface area contributed by atoms with Crippen molar-refractivity contribution in [2.75, 3.05) is 0 Å². The first-order chi connectivity index (χ1) is 9.74. The SMILES string of the molecule is [2H]c1cc(CCCCCC)c(C(=O)OC(C)(C)C)cc1C. The number of carbonyl (C=O) groups excluding carboxylic acids is 1. The zero-order valence-corrected chi connectivity index (χ0v) is 13.5. The van der Waals surface area contributed by atoms with Gasteiger partial charge in [-0.3, -0.25) is 0 Å². The van der Waals surface area contributed by atoms with Crippen molar-refractivity contribution in [1.82, 2.24) is 0 Å². The molecule has 20 heavy (non-hydrogen) atoms. The molecular formula is C18H28O2. The molecule has 0 amide bonds. The summed E-state index contributed by atoms with van der Waals surface area (Å²) in [6.07, 6.45) is 5.44. The maximum absolute atomic E-state index is 12.4. The average molecular weight is 277 g/mol. The number of carbonyl (C=O) groups is 1. The van der Waals surface area contributed by atoms with Gasteiger partial charge in [-0.2, -0.15) is 0 Å². The van der Waals surface area contributed by atoms with Crippen LogP contribution in [0.15, 0.2) is 18.2 Å². The van der Waals surface area contributed by atoms with Gasteiger partial charge >= 0.3 is 5.97 Å². The number of hydrogen-bond donors (Lipinski definition) is 0. The monoisotopic (exact) mass is 277 g/mol. The van der Waals surface area contributed by atoms with E-state index in [9.17, 15) is 4.79 Å². The second kappa shape index (κ2) is 7.47. The Labute approximate surface area is 124 Å². The molecule has 0 aromatic heterocycles. The van der Waals surface area contributed by atoms with Gasteiger partial charge in [-0.1, -0.05) is 43.9 Å². The van der Waals surface area contributed by atoms with Gasteiger partial charge in [0, 0.05) is 0 Å². The molecule has 2 heteroatoms. The number of ether oxygens (including phenoxy) is 1. The van der Waals surface area contributed by atoms with Gasteiger partial charge < -0.3 is 4.74 Å². The molecule has 0 aliphatic heterocycles. The molecule has 0 saturated heterocycles. The Bertz CT molecular complexity index is 487. The highest BCUT2D eigenvalue weighted by Gasteiger charge is 2.20. The summed E-state index contributed by atoms with van der Waals surface area (Å²) >= 11 is 0. The van der Waals surface area contributed by atoms with Crippen molar-refractivity contribution in [2.45, 2.75) is 72.3 Å².